The molecule has 0 bridgehead atoms. The third kappa shape index (κ3) is 2.94. The number of amides is 1. The van der Waals surface area contributed by atoms with Gasteiger partial charge in [0.1, 0.15) is 0 Å². The van der Waals surface area contributed by atoms with Crippen LogP contribution >= 0.6 is 11.6 Å². The lowest BCUT2D eigenvalue weighted by Gasteiger charge is -2.19. The van der Waals surface area contributed by atoms with Gasteiger partial charge in [-0.1, -0.05) is 28.9 Å². The van der Waals surface area contributed by atoms with E-state index in [2.05, 4.69) is 5.16 Å². The fraction of sp³-hybridized carbons (Fsp3) is 0.312. The molecule has 1 amide bonds. The normalized spacial score (nSPS) is 20.7. The Morgan fingerprint density at radius 1 is 1.39 bits per heavy atom. The van der Waals surface area contributed by atoms with E-state index >= 15 is 0 Å². The largest absolute Gasteiger partial charge is 0.481 e. The summed E-state index contributed by atoms with van der Waals surface area (Å²) in [6, 6.07) is 8.58. The molecule has 1 aromatic carbocycles. The summed E-state index contributed by atoms with van der Waals surface area (Å²) in [5.74, 6) is -0.782. The van der Waals surface area contributed by atoms with Gasteiger partial charge in [0.25, 0.3) is 5.91 Å². The Hall–Kier alpha value is -2.34. The highest BCUT2D eigenvalue weighted by Crippen LogP contribution is 2.31. The van der Waals surface area contributed by atoms with Crippen LogP contribution in [0.5, 0.6) is 0 Å². The van der Waals surface area contributed by atoms with E-state index in [1.165, 1.54) is 4.90 Å². The van der Waals surface area contributed by atoms with Crippen LogP contribution in [0.3, 0.4) is 0 Å². The predicted octanol–water partition coefficient (Wildman–Crippen LogP) is 2.93. The highest BCUT2D eigenvalue weighted by atomic mass is 35.5. The lowest BCUT2D eigenvalue weighted by atomic mass is 9.90. The number of carbonyl (C=O) groups is 2. The minimum Gasteiger partial charge on any atom is -0.481 e. The van der Waals surface area contributed by atoms with Crippen molar-refractivity contribution in [1.29, 1.82) is 0 Å². The molecule has 7 heteroatoms. The Morgan fingerprint density at radius 2 is 2.17 bits per heavy atom. The highest BCUT2D eigenvalue weighted by Gasteiger charge is 2.42. The predicted molar refractivity (Wildman–Crippen MR) is 83.2 cm³/mol. The number of carboxylic acids is 1. The number of aromatic nitrogens is 1. The average Bonchev–Trinajstić information content (AvgIpc) is 3.14. The van der Waals surface area contributed by atoms with Crippen LogP contribution < -0.4 is 0 Å². The molecule has 1 N–H and O–H groups in total. The molecule has 0 aliphatic carbocycles. The Kier molecular flexibility index (Phi) is 3.85. The molecule has 23 heavy (non-hydrogen) atoms. The molecule has 120 valence electrons. The van der Waals surface area contributed by atoms with Gasteiger partial charge >= 0.3 is 5.97 Å². The van der Waals surface area contributed by atoms with Crippen molar-refractivity contribution in [2.24, 2.45) is 5.41 Å². The number of carbonyl (C=O) groups excluding carboxylic acids is 1. The van der Waals surface area contributed by atoms with Gasteiger partial charge in [-0.3, -0.25) is 9.59 Å². The third-order valence-corrected chi connectivity index (χ3v) is 4.35. The van der Waals surface area contributed by atoms with Crippen molar-refractivity contribution in [3.05, 3.63) is 41.0 Å². The van der Waals surface area contributed by atoms with Gasteiger partial charge in [-0.05, 0) is 25.5 Å². The topological polar surface area (TPSA) is 83.6 Å². The summed E-state index contributed by atoms with van der Waals surface area (Å²) < 4.78 is 5.21. The summed E-state index contributed by atoms with van der Waals surface area (Å²) in [7, 11) is 0. The molecule has 1 aliphatic heterocycles. The Morgan fingerprint density at radius 3 is 2.83 bits per heavy atom. The molecular formula is C16H15ClN2O4. The number of carboxylic acid groups (broad SMARTS) is 1. The zero-order chi connectivity index (χ0) is 16.6. The summed E-state index contributed by atoms with van der Waals surface area (Å²) in [4.78, 5) is 25.2. The standard InChI is InChI=1S/C16H15ClN2O4/c1-16(15(21)22)5-6-19(9-16)14(20)12-8-13(23-18-12)10-3-2-4-11(17)7-10/h2-4,7-8H,5-6,9H2,1H3,(H,21,22). The Labute approximate surface area is 137 Å². The number of aliphatic carboxylic acids is 1. The van der Waals surface area contributed by atoms with E-state index in [-0.39, 0.29) is 18.1 Å². The molecule has 1 unspecified atom stereocenters. The first-order chi connectivity index (χ1) is 10.9. The van der Waals surface area contributed by atoms with Gasteiger partial charge in [-0.25, -0.2) is 0 Å². The maximum atomic E-state index is 12.5. The van der Waals surface area contributed by atoms with Crippen molar-refractivity contribution in [1.82, 2.24) is 10.1 Å². The number of likely N-dealkylation sites (tertiary alicyclic amines) is 1. The minimum atomic E-state index is -0.908. The van der Waals surface area contributed by atoms with Crippen molar-refractivity contribution in [2.45, 2.75) is 13.3 Å². The van der Waals surface area contributed by atoms with Crippen LogP contribution in [0, 0.1) is 5.41 Å². The van der Waals surface area contributed by atoms with E-state index in [0.717, 1.165) is 5.56 Å². The Balaban J connectivity index is 1.79. The van der Waals surface area contributed by atoms with Crippen molar-refractivity contribution < 1.29 is 19.2 Å². The van der Waals surface area contributed by atoms with Crippen LogP contribution in [0.4, 0.5) is 0 Å². The molecule has 6 nitrogen and oxygen atoms in total. The summed E-state index contributed by atoms with van der Waals surface area (Å²) in [6.07, 6.45) is 0.424. The van der Waals surface area contributed by atoms with Crippen LogP contribution in [0.15, 0.2) is 34.9 Å². The first-order valence-electron chi connectivity index (χ1n) is 7.14. The van der Waals surface area contributed by atoms with E-state index in [0.29, 0.717) is 23.7 Å². The molecule has 1 aliphatic rings. The first-order valence-corrected chi connectivity index (χ1v) is 7.52. The molecule has 0 saturated carbocycles. The Bertz CT molecular complexity index is 773. The van der Waals surface area contributed by atoms with Gasteiger partial charge in [0.2, 0.25) is 0 Å². The van der Waals surface area contributed by atoms with E-state index < -0.39 is 11.4 Å². The molecule has 2 heterocycles. The second kappa shape index (κ2) is 5.70. The quantitative estimate of drug-likeness (QED) is 0.933. The van der Waals surface area contributed by atoms with Gasteiger partial charge in [0.15, 0.2) is 11.5 Å². The zero-order valence-corrected chi connectivity index (χ0v) is 13.2. The van der Waals surface area contributed by atoms with Crippen LogP contribution in [-0.4, -0.2) is 40.1 Å². The molecule has 0 radical (unpaired) electrons. The number of rotatable bonds is 3. The van der Waals surface area contributed by atoms with Crippen molar-refractivity contribution in [3.8, 4) is 11.3 Å². The maximum absolute atomic E-state index is 12.5. The summed E-state index contributed by atoms with van der Waals surface area (Å²) >= 11 is 5.94. The van der Waals surface area contributed by atoms with E-state index in [4.69, 9.17) is 16.1 Å². The fourth-order valence-corrected chi connectivity index (χ4v) is 2.82. The van der Waals surface area contributed by atoms with Gasteiger partial charge in [0, 0.05) is 29.7 Å². The highest BCUT2D eigenvalue weighted by molar-refractivity contribution is 6.30. The van der Waals surface area contributed by atoms with Crippen LogP contribution in [0.2, 0.25) is 5.02 Å². The molecular weight excluding hydrogens is 320 g/mol. The number of hydrogen-bond acceptors (Lipinski definition) is 4. The van der Waals surface area contributed by atoms with Crippen molar-refractivity contribution in [3.63, 3.8) is 0 Å². The summed E-state index contributed by atoms with van der Waals surface area (Å²) in [5.41, 5.74) is -0.0229. The van der Waals surface area contributed by atoms with Crippen LogP contribution in [-0.2, 0) is 4.79 Å². The average molecular weight is 335 g/mol. The molecule has 1 aromatic heterocycles. The second-order valence-electron chi connectivity index (χ2n) is 5.93. The van der Waals surface area contributed by atoms with Gasteiger partial charge in [0.05, 0.1) is 5.41 Å². The second-order valence-corrected chi connectivity index (χ2v) is 6.37. The smallest absolute Gasteiger partial charge is 0.311 e. The van der Waals surface area contributed by atoms with E-state index in [1.807, 2.05) is 0 Å². The zero-order valence-electron chi connectivity index (χ0n) is 12.5. The fourth-order valence-electron chi connectivity index (χ4n) is 2.62. The molecule has 1 saturated heterocycles. The van der Waals surface area contributed by atoms with Crippen LogP contribution in [0.25, 0.3) is 11.3 Å². The molecule has 3 rings (SSSR count). The monoisotopic (exact) mass is 334 g/mol. The number of nitrogens with zero attached hydrogens (tertiary/aromatic N) is 2. The van der Waals surface area contributed by atoms with Crippen LogP contribution in [0.1, 0.15) is 23.8 Å². The van der Waals surface area contributed by atoms with Gasteiger partial charge < -0.3 is 14.5 Å². The number of hydrogen-bond donors (Lipinski definition) is 1. The van der Waals surface area contributed by atoms with Crippen molar-refractivity contribution in [2.75, 3.05) is 13.1 Å². The third-order valence-electron chi connectivity index (χ3n) is 4.12. The minimum absolute atomic E-state index is 0.162. The van der Waals surface area contributed by atoms with Gasteiger partial charge in [-0.2, -0.15) is 0 Å². The van der Waals surface area contributed by atoms with Gasteiger partial charge in [-0.15, -0.1) is 0 Å². The van der Waals surface area contributed by atoms with Crippen molar-refractivity contribution >= 4 is 23.5 Å². The number of halogens is 1. The summed E-state index contributed by atoms with van der Waals surface area (Å²) in [5, 5.41) is 13.6. The molecule has 1 atom stereocenters. The van der Waals surface area contributed by atoms with E-state index in [1.54, 1.807) is 37.3 Å². The first kappa shape index (κ1) is 15.6. The molecule has 1 fully saturated rings. The maximum Gasteiger partial charge on any atom is 0.311 e. The number of benzene rings is 1. The molecule has 2 aromatic rings. The lowest BCUT2D eigenvalue weighted by molar-refractivity contribution is -0.147. The SMILES string of the molecule is CC1(C(=O)O)CCN(C(=O)c2cc(-c3cccc(Cl)c3)on2)C1. The van der Waals surface area contributed by atoms with E-state index in [9.17, 15) is 14.7 Å². The summed E-state index contributed by atoms with van der Waals surface area (Å²) in [6.45, 7) is 2.20. The molecule has 0 spiro atoms. The lowest BCUT2D eigenvalue weighted by Crippen LogP contribution is -2.35.